The Morgan fingerprint density at radius 3 is 2.82 bits per heavy atom. The van der Waals surface area contributed by atoms with Gasteiger partial charge in [-0.2, -0.15) is 4.98 Å². The van der Waals surface area contributed by atoms with Crippen LogP contribution >= 0.6 is 0 Å². The molecule has 0 spiro atoms. The Balaban J connectivity index is 2.91. The SMILES string of the molecule is Oc1n[c]nc2nccnc12. The standard InChI is InChI=1S/C6H3N4O/c11-6-4-5(9-3-10-6)8-2-1-7-4/h1-2H,(H,8,9,10,11). The molecule has 5 heteroatoms. The molecule has 5 nitrogen and oxygen atoms in total. The summed E-state index contributed by atoms with van der Waals surface area (Å²) in [4.78, 5) is 14.8. The van der Waals surface area contributed by atoms with Crippen molar-refractivity contribution in [2.45, 2.75) is 0 Å². The molecule has 0 saturated carbocycles. The number of fused-ring (bicyclic) bond motifs is 1. The second-order valence-corrected chi connectivity index (χ2v) is 1.88. The fraction of sp³-hybridized carbons (Fsp3) is 0. The van der Waals surface area contributed by atoms with Crippen molar-refractivity contribution in [2.24, 2.45) is 0 Å². The van der Waals surface area contributed by atoms with Gasteiger partial charge in [0.2, 0.25) is 12.2 Å². The molecular weight excluding hydrogens is 144 g/mol. The highest BCUT2D eigenvalue weighted by atomic mass is 16.3. The fourth-order valence-corrected chi connectivity index (χ4v) is 0.743. The van der Waals surface area contributed by atoms with E-state index in [0.29, 0.717) is 11.2 Å². The minimum atomic E-state index is -0.192. The minimum absolute atomic E-state index is 0.192. The van der Waals surface area contributed by atoms with Crippen LogP contribution in [0, 0.1) is 6.33 Å². The Morgan fingerprint density at radius 2 is 2.00 bits per heavy atom. The van der Waals surface area contributed by atoms with E-state index in [1.165, 1.54) is 12.4 Å². The summed E-state index contributed by atoms with van der Waals surface area (Å²) in [6.45, 7) is 0. The molecule has 0 unspecified atom stereocenters. The third-order valence-electron chi connectivity index (χ3n) is 1.20. The van der Waals surface area contributed by atoms with Crippen LogP contribution in [0.15, 0.2) is 12.4 Å². The molecule has 1 N–H and O–H groups in total. The van der Waals surface area contributed by atoms with Crippen LogP contribution in [0.4, 0.5) is 0 Å². The van der Waals surface area contributed by atoms with Crippen molar-refractivity contribution in [3.8, 4) is 5.88 Å². The van der Waals surface area contributed by atoms with E-state index < -0.39 is 0 Å². The first-order chi connectivity index (χ1) is 5.38. The molecule has 11 heavy (non-hydrogen) atoms. The molecule has 2 rings (SSSR count). The zero-order valence-electron chi connectivity index (χ0n) is 5.39. The van der Waals surface area contributed by atoms with Crippen LogP contribution in [-0.2, 0) is 0 Å². The summed E-state index contributed by atoms with van der Waals surface area (Å²) in [5.41, 5.74) is 0.645. The molecule has 2 heterocycles. The summed E-state index contributed by atoms with van der Waals surface area (Å²) in [5, 5.41) is 9.09. The number of hydrogen-bond donors (Lipinski definition) is 1. The lowest BCUT2D eigenvalue weighted by atomic mass is 10.5. The number of rotatable bonds is 0. The van der Waals surface area contributed by atoms with Gasteiger partial charge in [-0.25, -0.2) is 15.0 Å². The highest BCUT2D eigenvalue weighted by Gasteiger charge is 2.01. The van der Waals surface area contributed by atoms with Gasteiger partial charge >= 0.3 is 0 Å². The second kappa shape index (κ2) is 2.12. The molecule has 1 radical (unpaired) electrons. The van der Waals surface area contributed by atoms with Crippen molar-refractivity contribution >= 4 is 11.2 Å². The molecule has 0 aliphatic heterocycles. The molecule has 0 aromatic carbocycles. The Labute approximate surface area is 61.8 Å². The predicted octanol–water partition coefficient (Wildman–Crippen LogP) is -0.0744. The van der Waals surface area contributed by atoms with Gasteiger partial charge in [-0.05, 0) is 0 Å². The van der Waals surface area contributed by atoms with Crippen LogP contribution in [0.5, 0.6) is 5.88 Å². The van der Waals surface area contributed by atoms with Gasteiger partial charge in [0.15, 0.2) is 11.2 Å². The smallest absolute Gasteiger partial charge is 0.243 e. The van der Waals surface area contributed by atoms with E-state index in [1.54, 1.807) is 0 Å². The third-order valence-corrected chi connectivity index (χ3v) is 1.20. The maximum absolute atomic E-state index is 9.09. The molecule has 0 saturated heterocycles. The molecule has 0 fully saturated rings. The molecule has 0 atom stereocenters. The Hall–Kier alpha value is -1.78. The van der Waals surface area contributed by atoms with Gasteiger partial charge in [0.1, 0.15) is 0 Å². The average molecular weight is 147 g/mol. The van der Waals surface area contributed by atoms with Gasteiger partial charge < -0.3 is 5.11 Å². The van der Waals surface area contributed by atoms with Crippen LogP contribution < -0.4 is 0 Å². The molecule has 53 valence electrons. The van der Waals surface area contributed by atoms with E-state index >= 15 is 0 Å². The first-order valence-electron chi connectivity index (χ1n) is 2.91. The maximum Gasteiger partial charge on any atom is 0.243 e. The van der Waals surface area contributed by atoms with Gasteiger partial charge in [-0.1, -0.05) is 0 Å². The van der Waals surface area contributed by atoms with E-state index in [4.69, 9.17) is 5.11 Å². The van der Waals surface area contributed by atoms with E-state index in [0.717, 1.165) is 0 Å². The number of aromatic nitrogens is 4. The molecule has 0 amide bonds. The fourth-order valence-electron chi connectivity index (χ4n) is 0.743. The maximum atomic E-state index is 9.09. The summed E-state index contributed by atoms with van der Waals surface area (Å²) < 4.78 is 0. The second-order valence-electron chi connectivity index (χ2n) is 1.88. The molecule has 0 bridgehead atoms. The minimum Gasteiger partial charge on any atom is -0.492 e. The summed E-state index contributed by atoms with van der Waals surface area (Å²) in [7, 11) is 0. The number of nitrogens with zero attached hydrogens (tertiary/aromatic N) is 4. The monoisotopic (exact) mass is 147 g/mol. The highest BCUT2D eigenvalue weighted by Crippen LogP contribution is 2.12. The van der Waals surface area contributed by atoms with Gasteiger partial charge in [-0.15, -0.1) is 0 Å². The molecule has 2 aromatic heterocycles. The third kappa shape index (κ3) is 0.861. The first-order valence-corrected chi connectivity index (χ1v) is 2.91. The quantitative estimate of drug-likeness (QED) is 0.564. The zero-order chi connectivity index (χ0) is 7.68. The van der Waals surface area contributed by atoms with Crippen LogP contribution in [0.3, 0.4) is 0 Å². The van der Waals surface area contributed by atoms with E-state index in [9.17, 15) is 0 Å². The van der Waals surface area contributed by atoms with Crippen molar-refractivity contribution in [2.75, 3.05) is 0 Å². The Morgan fingerprint density at radius 1 is 1.18 bits per heavy atom. The van der Waals surface area contributed by atoms with Crippen LogP contribution in [0.2, 0.25) is 0 Å². The van der Waals surface area contributed by atoms with Crippen molar-refractivity contribution in [3.63, 3.8) is 0 Å². The van der Waals surface area contributed by atoms with Crippen LogP contribution in [0.1, 0.15) is 0 Å². The largest absolute Gasteiger partial charge is 0.492 e. The number of aromatic hydroxyl groups is 1. The summed E-state index contributed by atoms with van der Waals surface area (Å²) in [6.07, 6.45) is 5.20. The summed E-state index contributed by atoms with van der Waals surface area (Å²) in [5.74, 6) is -0.192. The van der Waals surface area contributed by atoms with E-state index in [2.05, 4.69) is 26.3 Å². The molecular formula is C6H3N4O. The predicted molar refractivity (Wildman–Crippen MR) is 35.6 cm³/mol. The lowest BCUT2D eigenvalue weighted by molar-refractivity contribution is 0.457. The van der Waals surface area contributed by atoms with Gasteiger partial charge in [0.05, 0.1) is 0 Å². The Kier molecular flexibility index (Phi) is 1.15. The first kappa shape index (κ1) is 5.96. The lowest BCUT2D eigenvalue weighted by Crippen LogP contribution is -1.88. The van der Waals surface area contributed by atoms with Gasteiger partial charge in [0, 0.05) is 12.4 Å². The highest BCUT2D eigenvalue weighted by molar-refractivity contribution is 5.73. The summed E-state index contributed by atoms with van der Waals surface area (Å²) >= 11 is 0. The molecule has 2 aromatic rings. The Bertz CT molecular complexity index is 384. The normalized spacial score (nSPS) is 10.2. The van der Waals surface area contributed by atoms with Crippen molar-refractivity contribution in [3.05, 3.63) is 18.7 Å². The molecule has 0 aliphatic carbocycles. The van der Waals surface area contributed by atoms with E-state index in [1.807, 2.05) is 0 Å². The van der Waals surface area contributed by atoms with Crippen molar-refractivity contribution < 1.29 is 5.11 Å². The van der Waals surface area contributed by atoms with Crippen LogP contribution in [-0.4, -0.2) is 25.0 Å². The topological polar surface area (TPSA) is 71.8 Å². The van der Waals surface area contributed by atoms with Crippen LogP contribution in [0.25, 0.3) is 11.2 Å². The van der Waals surface area contributed by atoms with Gasteiger partial charge in [0.25, 0.3) is 0 Å². The van der Waals surface area contributed by atoms with Crippen molar-refractivity contribution in [1.82, 2.24) is 19.9 Å². The van der Waals surface area contributed by atoms with E-state index in [-0.39, 0.29) is 5.88 Å². The number of hydrogen-bond acceptors (Lipinski definition) is 5. The molecule has 0 aliphatic rings. The zero-order valence-corrected chi connectivity index (χ0v) is 5.39. The lowest BCUT2D eigenvalue weighted by Gasteiger charge is -1.93. The summed E-state index contributed by atoms with van der Waals surface area (Å²) in [6, 6.07) is 0. The van der Waals surface area contributed by atoms with Gasteiger partial charge in [-0.3, -0.25) is 0 Å². The van der Waals surface area contributed by atoms with Crippen molar-refractivity contribution in [1.29, 1.82) is 0 Å². The average Bonchev–Trinajstić information content (AvgIpc) is 2.06.